The smallest absolute Gasteiger partial charge is 0.181 e. The second-order valence-electron chi connectivity index (χ2n) is 4.88. The number of hydrogen-bond acceptors (Lipinski definition) is 6. The molecule has 0 unspecified atom stereocenters. The molecule has 0 aliphatic heterocycles. The molecule has 0 saturated heterocycles. The van der Waals surface area contributed by atoms with Gasteiger partial charge in [0.2, 0.25) is 0 Å². The SMILES string of the molecule is Cc1nc(-c2nc(NN)cc(C3CCCC3)n2)cs1. The summed E-state index contributed by atoms with van der Waals surface area (Å²) in [6.45, 7) is 1.98. The fourth-order valence-corrected chi connectivity index (χ4v) is 3.14. The summed E-state index contributed by atoms with van der Waals surface area (Å²) in [5, 5.41) is 3.01. The molecule has 6 heteroatoms. The quantitative estimate of drug-likeness (QED) is 0.665. The van der Waals surface area contributed by atoms with Crippen LogP contribution < -0.4 is 11.3 Å². The molecule has 0 bridgehead atoms. The molecule has 100 valence electrons. The Morgan fingerprint density at radius 2 is 2.05 bits per heavy atom. The third kappa shape index (κ3) is 2.59. The summed E-state index contributed by atoms with van der Waals surface area (Å²) in [5.74, 6) is 7.38. The summed E-state index contributed by atoms with van der Waals surface area (Å²) < 4.78 is 0. The van der Waals surface area contributed by atoms with Crippen molar-refractivity contribution in [2.45, 2.75) is 38.5 Å². The van der Waals surface area contributed by atoms with Gasteiger partial charge in [0.25, 0.3) is 0 Å². The summed E-state index contributed by atoms with van der Waals surface area (Å²) in [7, 11) is 0. The zero-order valence-electron chi connectivity index (χ0n) is 10.9. The maximum Gasteiger partial charge on any atom is 0.181 e. The average Bonchev–Trinajstić information content (AvgIpc) is 3.09. The summed E-state index contributed by atoms with van der Waals surface area (Å²) in [5.41, 5.74) is 4.55. The van der Waals surface area contributed by atoms with E-state index >= 15 is 0 Å². The molecular weight excluding hydrogens is 258 g/mol. The van der Waals surface area contributed by atoms with Crippen LogP contribution in [0.1, 0.15) is 42.3 Å². The first-order chi connectivity index (χ1) is 9.26. The maximum atomic E-state index is 5.51. The van der Waals surface area contributed by atoms with Gasteiger partial charge in [-0.25, -0.2) is 20.8 Å². The van der Waals surface area contributed by atoms with Crippen LogP contribution in [0.5, 0.6) is 0 Å². The number of thiazole rings is 1. The van der Waals surface area contributed by atoms with E-state index in [9.17, 15) is 0 Å². The molecule has 0 radical (unpaired) electrons. The Kier molecular flexibility index (Phi) is 3.44. The van der Waals surface area contributed by atoms with Gasteiger partial charge in [-0.15, -0.1) is 11.3 Å². The number of nitrogens with two attached hydrogens (primary N) is 1. The first kappa shape index (κ1) is 12.5. The Morgan fingerprint density at radius 3 is 2.68 bits per heavy atom. The molecule has 3 rings (SSSR count). The number of rotatable bonds is 3. The monoisotopic (exact) mass is 275 g/mol. The van der Waals surface area contributed by atoms with Crippen LogP contribution >= 0.6 is 11.3 Å². The maximum absolute atomic E-state index is 5.51. The lowest BCUT2D eigenvalue weighted by atomic mass is 10.0. The minimum Gasteiger partial charge on any atom is -0.308 e. The van der Waals surface area contributed by atoms with Crippen molar-refractivity contribution >= 4 is 17.2 Å². The van der Waals surface area contributed by atoms with E-state index in [1.54, 1.807) is 11.3 Å². The molecule has 0 atom stereocenters. The van der Waals surface area contributed by atoms with Gasteiger partial charge >= 0.3 is 0 Å². The Hall–Kier alpha value is -1.53. The van der Waals surface area contributed by atoms with Gasteiger partial charge < -0.3 is 5.43 Å². The lowest BCUT2D eigenvalue weighted by Gasteiger charge is -2.11. The van der Waals surface area contributed by atoms with E-state index in [0.717, 1.165) is 16.4 Å². The number of hydrazine groups is 1. The second-order valence-corrected chi connectivity index (χ2v) is 5.94. The Labute approximate surface area is 116 Å². The van der Waals surface area contributed by atoms with Gasteiger partial charge in [0.05, 0.1) is 5.01 Å². The molecule has 2 aromatic heterocycles. The average molecular weight is 275 g/mol. The molecule has 0 amide bonds. The molecule has 0 spiro atoms. The van der Waals surface area contributed by atoms with Crippen LogP contribution in [-0.2, 0) is 0 Å². The number of anilines is 1. The largest absolute Gasteiger partial charge is 0.308 e. The zero-order chi connectivity index (χ0) is 13.2. The van der Waals surface area contributed by atoms with Gasteiger partial charge in [-0.05, 0) is 19.8 Å². The van der Waals surface area contributed by atoms with Crippen molar-refractivity contribution in [3.63, 3.8) is 0 Å². The van der Waals surface area contributed by atoms with E-state index in [4.69, 9.17) is 5.84 Å². The topological polar surface area (TPSA) is 76.7 Å². The predicted octanol–water partition coefficient (Wildman–Crippen LogP) is 2.85. The Morgan fingerprint density at radius 1 is 1.26 bits per heavy atom. The highest BCUT2D eigenvalue weighted by molar-refractivity contribution is 7.09. The lowest BCUT2D eigenvalue weighted by Crippen LogP contribution is -2.11. The standard InChI is InChI=1S/C13H17N5S/c1-8-15-11(7-19-8)13-16-10(6-12(17-13)18-14)9-4-2-3-5-9/h6-7,9H,2-5,14H2,1H3,(H,16,17,18). The fraction of sp³-hybridized carbons (Fsp3) is 0.462. The van der Waals surface area contributed by atoms with Gasteiger partial charge in [0.15, 0.2) is 5.82 Å². The molecule has 2 heterocycles. The van der Waals surface area contributed by atoms with E-state index in [0.29, 0.717) is 17.6 Å². The molecular formula is C13H17N5S. The van der Waals surface area contributed by atoms with Crippen molar-refractivity contribution in [2.24, 2.45) is 5.84 Å². The summed E-state index contributed by atoms with van der Waals surface area (Å²) >= 11 is 1.61. The highest BCUT2D eigenvalue weighted by atomic mass is 32.1. The van der Waals surface area contributed by atoms with Crippen LogP contribution in [-0.4, -0.2) is 15.0 Å². The second kappa shape index (κ2) is 5.22. The van der Waals surface area contributed by atoms with Crippen molar-refractivity contribution in [2.75, 3.05) is 5.43 Å². The fourth-order valence-electron chi connectivity index (χ4n) is 2.55. The van der Waals surface area contributed by atoms with Gasteiger partial charge in [-0.3, -0.25) is 0 Å². The number of nitrogens with one attached hydrogen (secondary N) is 1. The molecule has 1 fully saturated rings. The first-order valence-electron chi connectivity index (χ1n) is 6.54. The van der Waals surface area contributed by atoms with Crippen LogP contribution in [0.4, 0.5) is 5.82 Å². The molecule has 1 aliphatic rings. The van der Waals surface area contributed by atoms with Crippen molar-refractivity contribution in [1.82, 2.24) is 15.0 Å². The molecule has 1 saturated carbocycles. The number of nitrogens with zero attached hydrogens (tertiary/aromatic N) is 3. The van der Waals surface area contributed by atoms with Crippen molar-refractivity contribution < 1.29 is 0 Å². The highest BCUT2D eigenvalue weighted by Gasteiger charge is 2.20. The van der Waals surface area contributed by atoms with Crippen LogP contribution in [0, 0.1) is 6.92 Å². The van der Waals surface area contributed by atoms with E-state index in [1.165, 1.54) is 25.7 Å². The van der Waals surface area contributed by atoms with E-state index < -0.39 is 0 Å². The Bertz CT molecular complexity index is 574. The molecule has 1 aliphatic carbocycles. The first-order valence-corrected chi connectivity index (χ1v) is 7.42. The van der Waals surface area contributed by atoms with Crippen molar-refractivity contribution in [3.8, 4) is 11.5 Å². The minimum absolute atomic E-state index is 0.536. The number of aryl methyl sites for hydroxylation is 1. The van der Waals surface area contributed by atoms with Crippen molar-refractivity contribution in [3.05, 3.63) is 22.1 Å². The van der Waals surface area contributed by atoms with E-state index in [1.807, 2.05) is 18.4 Å². The highest BCUT2D eigenvalue weighted by Crippen LogP contribution is 2.34. The van der Waals surface area contributed by atoms with Gasteiger partial charge in [0.1, 0.15) is 11.5 Å². The molecule has 3 N–H and O–H groups in total. The number of hydrogen-bond donors (Lipinski definition) is 2. The van der Waals surface area contributed by atoms with E-state index in [-0.39, 0.29) is 0 Å². The predicted molar refractivity (Wildman–Crippen MR) is 76.9 cm³/mol. The van der Waals surface area contributed by atoms with Gasteiger partial charge in [0, 0.05) is 23.1 Å². The molecule has 5 nitrogen and oxygen atoms in total. The number of nitrogen functional groups attached to an aromatic ring is 1. The molecule has 19 heavy (non-hydrogen) atoms. The minimum atomic E-state index is 0.536. The summed E-state index contributed by atoms with van der Waals surface area (Å²) in [6.07, 6.45) is 4.98. The third-order valence-electron chi connectivity index (χ3n) is 3.52. The normalized spacial score (nSPS) is 15.9. The third-order valence-corrected chi connectivity index (χ3v) is 4.29. The molecule has 2 aromatic rings. The van der Waals surface area contributed by atoms with E-state index in [2.05, 4.69) is 20.4 Å². The Balaban J connectivity index is 2.01. The van der Waals surface area contributed by atoms with Gasteiger partial charge in [-0.1, -0.05) is 12.8 Å². The van der Waals surface area contributed by atoms with Crippen LogP contribution in [0.15, 0.2) is 11.4 Å². The van der Waals surface area contributed by atoms with Gasteiger partial charge in [-0.2, -0.15) is 0 Å². The van der Waals surface area contributed by atoms with Crippen LogP contribution in [0.2, 0.25) is 0 Å². The van der Waals surface area contributed by atoms with Crippen LogP contribution in [0.25, 0.3) is 11.5 Å². The van der Waals surface area contributed by atoms with Crippen LogP contribution in [0.3, 0.4) is 0 Å². The summed E-state index contributed by atoms with van der Waals surface area (Å²) in [6, 6.07) is 1.96. The lowest BCUT2D eigenvalue weighted by molar-refractivity contribution is 0.695. The number of aromatic nitrogens is 3. The zero-order valence-corrected chi connectivity index (χ0v) is 11.7. The summed E-state index contributed by atoms with van der Waals surface area (Å²) in [4.78, 5) is 13.5. The molecule has 0 aromatic carbocycles. The van der Waals surface area contributed by atoms with Crippen molar-refractivity contribution in [1.29, 1.82) is 0 Å².